The largest absolute Gasteiger partial charge is 0.489 e. The van der Waals surface area contributed by atoms with Crippen LogP contribution in [-0.4, -0.2) is 12.4 Å². The fourth-order valence-corrected chi connectivity index (χ4v) is 2.01. The molecule has 2 nitrogen and oxygen atoms in total. The van der Waals surface area contributed by atoms with Gasteiger partial charge in [0.05, 0.1) is 12.2 Å². The zero-order valence-corrected chi connectivity index (χ0v) is 10.6. The first-order valence-corrected chi connectivity index (χ1v) is 5.93. The number of Topliss-reactive ketones (excluding diaryl/α,β-unsaturated/α-hetero) is 1. The molecule has 1 aliphatic rings. The summed E-state index contributed by atoms with van der Waals surface area (Å²) in [7, 11) is 0. The van der Waals surface area contributed by atoms with Gasteiger partial charge in [-0.05, 0) is 24.3 Å². The molecule has 0 unspecified atom stereocenters. The van der Waals surface area contributed by atoms with Gasteiger partial charge in [0.25, 0.3) is 0 Å². The van der Waals surface area contributed by atoms with Gasteiger partial charge in [-0.2, -0.15) is 13.2 Å². The Balaban J connectivity index is 2.40. The fraction of sp³-hybridized carbons (Fsp3) is 0.250. The highest BCUT2D eigenvalue weighted by molar-refractivity contribution is 9.10. The van der Waals surface area contributed by atoms with Crippen molar-refractivity contribution in [2.45, 2.75) is 12.6 Å². The molecule has 0 saturated carbocycles. The molecule has 0 saturated heterocycles. The summed E-state index contributed by atoms with van der Waals surface area (Å²) >= 11 is 3.07. The molecule has 0 fully saturated rings. The Kier molecular flexibility index (Phi) is 3.47. The van der Waals surface area contributed by atoms with Crippen LogP contribution in [0.1, 0.15) is 22.3 Å². The average Bonchev–Trinajstić information content (AvgIpc) is 2.80. The summed E-state index contributed by atoms with van der Waals surface area (Å²) in [6.07, 6.45) is -2.30. The Bertz CT molecular complexity index is 521. The van der Waals surface area contributed by atoms with Crippen molar-refractivity contribution in [3.63, 3.8) is 0 Å². The van der Waals surface area contributed by atoms with Crippen LogP contribution in [0.3, 0.4) is 0 Å². The van der Waals surface area contributed by atoms with Gasteiger partial charge in [0, 0.05) is 16.5 Å². The lowest BCUT2D eigenvalue weighted by Crippen LogP contribution is -2.10. The van der Waals surface area contributed by atoms with Crippen molar-refractivity contribution >= 4 is 21.7 Å². The summed E-state index contributed by atoms with van der Waals surface area (Å²) in [5.74, 6) is -0.430. The first-order valence-electron chi connectivity index (χ1n) is 5.14. The Labute approximate surface area is 110 Å². The lowest BCUT2D eigenvalue weighted by Gasteiger charge is -2.10. The third kappa shape index (κ3) is 2.58. The van der Waals surface area contributed by atoms with Crippen molar-refractivity contribution in [2.24, 2.45) is 0 Å². The van der Waals surface area contributed by atoms with Crippen LogP contribution in [0.5, 0.6) is 0 Å². The van der Waals surface area contributed by atoms with Gasteiger partial charge in [-0.3, -0.25) is 4.79 Å². The van der Waals surface area contributed by atoms with Crippen LogP contribution in [-0.2, 0) is 10.9 Å². The highest BCUT2D eigenvalue weighted by atomic mass is 79.9. The van der Waals surface area contributed by atoms with Gasteiger partial charge in [-0.15, -0.1) is 0 Å². The number of allylic oxidation sites excluding steroid dienone is 1. The average molecular weight is 321 g/mol. The zero-order chi connectivity index (χ0) is 13.3. The Morgan fingerprint density at radius 1 is 1.33 bits per heavy atom. The molecule has 0 amide bonds. The normalized spacial score (nSPS) is 15.2. The number of ether oxygens (including phenoxy) is 1. The Morgan fingerprint density at radius 3 is 2.61 bits per heavy atom. The molecule has 2 rings (SSSR count). The molecule has 1 aromatic rings. The molecule has 1 heterocycles. The van der Waals surface area contributed by atoms with Crippen molar-refractivity contribution < 1.29 is 22.7 Å². The van der Waals surface area contributed by atoms with Crippen LogP contribution in [0.4, 0.5) is 13.2 Å². The summed E-state index contributed by atoms with van der Waals surface area (Å²) in [5.41, 5.74) is -0.898. The molecular weight excluding hydrogens is 313 g/mol. The quantitative estimate of drug-likeness (QED) is 0.771. The first-order chi connectivity index (χ1) is 8.39. The molecule has 1 aliphatic heterocycles. The van der Waals surface area contributed by atoms with Gasteiger partial charge < -0.3 is 4.74 Å². The van der Waals surface area contributed by atoms with E-state index in [1.807, 2.05) is 0 Å². The molecule has 0 aliphatic carbocycles. The van der Waals surface area contributed by atoms with Crippen molar-refractivity contribution in [3.8, 4) is 0 Å². The van der Waals surface area contributed by atoms with E-state index in [1.54, 1.807) is 6.08 Å². The van der Waals surface area contributed by atoms with Gasteiger partial charge in [0.1, 0.15) is 0 Å². The number of alkyl halides is 3. The fourth-order valence-electron chi connectivity index (χ4n) is 1.58. The smallest absolute Gasteiger partial charge is 0.416 e. The number of carbonyl (C=O) groups is 1. The second-order valence-electron chi connectivity index (χ2n) is 3.73. The van der Waals surface area contributed by atoms with E-state index in [0.717, 1.165) is 12.1 Å². The predicted octanol–water partition coefficient (Wildman–Crippen LogP) is 3.95. The zero-order valence-electron chi connectivity index (χ0n) is 9.05. The van der Waals surface area contributed by atoms with E-state index >= 15 is 0 Å². The lowest BCUT2D eigenvalue weighted by molar-refractivity contribution is -0.137. The molecule has 0 bridgehead atoms. The monoisotopic (exact) mass is 320 g/mol. The maximum Gasteiger partial charge on any atom is 0.416 e. The standard InChI is InChI=1S/C12H8BrF3O2/c13-9-4-3-7(12(14,15)16)6-8(9)11(17)10-2-1-5-18-10/h2-4,6H,1,5H2. The maximum atomic E-state index is 12.6. The lowest BCUT2D eigenvalue weighted by atomic mass is 10.1. The van der Waals surface area contributed by atoms with Crippen molar-refractivity contribution in [2.75, 3.05) is 6.61 Å². The molecule has 96 valence electrons. The minimum atomic E-state index is -4.47. The van der Waals surface area contributed by atoms with Crippen LogP contribution >= 0.6 is 15.9 Å². The number of halogens is 4. The molecule has 0 radical (unpaired) electrons. The van der Waals surface area contributed by atoms with Crippen LogP contribution in [0.25, 0.3) is 0 Å². The second-order valence-corrected chi connectivity index (χ2v) is 4.58. The number of rotatable bonds is 2. The van der Waals surface area contributed by atoms with E-state index in [-0.39, 0.29) is 11.3 Å². The Hall–Kier alpha value is -1.30. The molecule has 0 N–H and O–H groups in total. The summed E-state index contributed by atoms with van der Waals surface area (Å²) in [5, 5.41) is 0. The van der Waals surface area contributed by atoms with Gasteiger partial charge in [0.2, 0.25) is 5.78 Å². The van der Waals surface area contributed by atoms with E-state index in [0.29, 0.717) is 17.5 Å². The summed E-state index contributed by atoms with van der Waals surface area (Å²) in [4.78, 5) is 12.0. The minimum absolute atomic E-state index is 0.0435. The maximum absolute atomic E-state index is 12.6. The molecule has 6 heteroatoms. The van der Waals surface area contributed by atoms with Crippen molar-refractivity contribution in [1.29, 1.82) is 0 Å². The van der Waals surface area contributed by atoms with Crippen molar-refractivity contribution in [1.82, 2.24) is 0 Å². The third-order valence-electron chi connectivity index (χ3n) is 2.47. The summed E-state index contributed by atoms with van der Waals surface area (Å²) in [6.45, 7) is 0.387. The molecule has 0 atom stereocenters. The highest BCUT2D eigenvalue weighted by Gasteiger charge is 2.32. The molecule has 18 heavy (non-hydrogen) atoms. The van der Waals surface area contributed by atoms with Crippen LogP contribution in [0, 0.1) is 0 Å². The molecule has 1 aromatic carbocycles. The number of benzene rings is 1. The van der Waals surface area contributed by atoms with Gasteiger partial charge in [0.15, 0.2) is 5.76 Å². The number of hydrogen-bond acceptors (Lipinski definition) is 2. The highest BCUT2D eigenvalue weighted by Crippen LogP contribution is 2.33. The van der Waals surface area contributed by atoms with E-state index in [9.17, 15) is 18.0 Å². The molecule has 0 spiro atoms. The van der Waals surface area contributed by atoms with Gasteiger partial charge in [-0.1, -0.05) is 15.9 Å². The van der Waals surface area contributed by atoms with E-state index in [1.165, 1.54) is 6.07 Å². The second kappa shape index (κ2) is 4.76. The minimum Gasteiger partial charge on any atom is -0.489 e. The van der Waals surface area contributed by atoms with Gasteiger partial charge >= 0.3 is 6.18 Å². The van der Waals surface area contributed by atoms with Crippen molar-refractivity contribution in [3.05, 3.63) is 45.6 Å². The number of ketones is 1. The summed E-state index contributed by atoms with van der Waals surface area (Å²) < 4.78 is 43.1. The van der Waals surface area contributed by atoms with Crippen LogP contribution in [0.2, 0.25) is 0 Å². The van der Waals surface area contributed by atoms with E-state index in [2.05, 4.69) is 15.9 Å². The number of carbonyl (C=O) groups excluding carboxylic acids is 1. The molecule has 0 aromatic heterocycles. The summed E-state index contributed by atoms with van der Waals surface area (Å²) in [6, 6.07) is 2.96. The SMILES string of the molecule is O=C(C1=CCCO1)c1cc(C(F)(F)F)ccc1Br. The van der Waals surface area contributed by atoms with E-state index in [4.69, 9.17) is 4.74 Å². The van der Waals surface area contributed by atoms with Crippen LogP contribution < -0.4 is 0 Å². The third-order valence-corrected chi connectivity index (χ3v) is 3.16. The number of hydrogen-bond donors (Lipinski definition) is 0. The molecular formula is C12H8BrF3O2. The van der Waals surface area contributed by atoms with Crippen LogP contribution in [0.15, 0.2) is 34.5 Å². The van der Waals surface area contributed by atoms with Gasteiger partial charge in [-0.25, -0.2) is 0 Å². The topological polar surface area (TPSA) is 26.3 Å². The Morgan fingerprint density at radius 2 is 2.06 bits per heavy atom. The first kappa shape index (κ1) is 13.1. The van der Waals surface area contributed by atoms with E-state index < -0.39 is 17.5 Å². The predicted molar refractivity (Wildman–Crippen MR) is 62.1 cm³/mol.